The molecule has 0 bridgehead atoms. The Morgan fingerprint density at radius 3 is 2.16 bits per heavy atom. The van der Waals surface area contributed by atoms with Crippen LogP contribution in [0, 0.1) is 0 Å². The van der Waals surface area contributed by atoms with E-state index in [0.29, 0.717) is 21.7 Å². The second-order valence-corrected chi connectivity index (χ2v) is 7.83. The molecular formula is C22H27ClINO6. The summed E-state index contributed by atoms with van der Waals surface area (Å²) < 4.78 is 17.9. The Kier molecular flexibility index (Phi) is 10.1. The van der Waals surface area contributed by atoms with E-state index in [1.165, 1.54) is 0 Å². The summed E-state index contributed by atoms with van der Waals surface area (Å²) >= 11 is 8.86. The zero-order valence-corrected chi connectivity index (χ0v) is 20.9. The Hall–Kier alpha value is -1.81. The van der Waals surface area contributed by atoms with E-state index in [1.54, 1.807) is 25.3 Å². The molecule has 0 saturated carbocycles. The van der Waals surface area contributed by atoms with Crippen LogP contribution in [0.4, 0.5) is 0 Å². The number of hydrogen-bond acceptors (Lipinski definition) is 6. The van der Waals surface area contributed by atoms with Crippen molar-refractivity contribution in [3.63, 3.8) is 0 Å². The molecular weight excluding hydrogens is 537 g/mol. The molecule has 2 aromatic rings. The van der Waals surface area contributed by atoms with Crippen molar-refractivity contribution in [2.45, 2.75) is 51.0 Å². The third-order valence-corrected chi connectivity index (χ3v) is 5.81. The minimum atomic E-state index is -0.520. The van der Waals surface area contributed by atoms with Gasteiger partial charge in [0.1, 0.15) is 5.69 Å². The zero-order chi connectivity index (χ0) is 23.0. The molecule has 0 aliphatic rings. The third kappa shape index (κ3) is 6.35. The van der Waals surface area contributed by atoms with Gasteiger partial charge in [-0.2, -0.15) is 0 Å². The van der Waals surface area contributed by atoms with Crippen molar-refractivity contribution >= 4 is 63.0 Å². The number of esters is 3. The monoisotopic (exact) mass is 563 g/mol. The molecule has 2 rings (SSSR count). The molecule has 0 spiro atoms. The van der Waals surface area contributed by atoms with Crippen LogP contribution in [0.5, 0.6) is 0 Å². The smallest absolute Gasteiger partial charge is 0.355 e. The molecule has 1 heterocycles. The number of benzene rings is 1. The lowest BCUT2D eigenvalue weighted by atomic mass is 10.0. The summed E-state index contributed by atoms with van der Waals surface area (Å²) in [6.07, 6.45) is 0.453. The molecule has 1 aromatic heterocycles. The molecule has 0 radical (unpaired) electrons. The quantitative estimate of drug-likeness (QED) is 0.168. The molecule has 0 unspecified atom stereocenters. The standard InChI is InChI=1S/C22H27ClINO6/c1-4-29-18(26)8-7-15-20-16(23)11-14(13-24)12-17(20)25(10-9-19(27)30-5-2)21(15)22(28)31-6-3/h11-12H,4-10,13H2,1-3H3. The Labute approximate surface area is 200 Å². The molecule has 9 heteroatoms. The van der Waals surface area contributed by atoms with Crippen LogP contribution in [0.25, 0.3) is 10.9 Å². The second kappa shape index (κ2) is 12.3. The number of ether oxygens (including phenoxy) is 3. The number of aromatic nitrogens is 1. The van der Waals surface area contributed by atoms with E-state index in [1.807, 2.05) is 12.1 Å². The van der Waals surface area contributed by atoms with Crippen LogP contribution < -0.4 is 0 Å². The Morgan fingerprint density at radius 1 is 0.968 bits per heavy atom. The molecule has 0 aliphatic heterocycles. The summed E-state index contributed by atoms with van der Waals surface area (Å²) in [6, 6.07) is 3.81. The van der Waals surface area contributed by atoms with Crippen molar-refractivity contribution in [1.82, 2.24) is 4.57 Å². The van der Waals surface area contributed by atoms with Gasteiger partial charge >= 0.3 is 17.9 Å². The number of carbonyl (C=O) groups excluding carboxylic acids is 3. The fraction of sp³-hybridized carbons (Fsp3) is 0.500. The number of carbonyl (C=O) groups is 3. The first kappa shape index (κ1) is 25.5. The van der Waals surface area contributed by atoms with E-state index < -0.39 is 5.97 Å². The number of nitrogens with zero attached hydrogens (tertiary/aromatic N) is 1. The fourth-order valence-corrected chi connectivity index (χ4v) is 4.23. The van der Waals surface area contributed by atoms with E-state index in [9.17, 15) is 14.4 Å². The summed E-state index contributed by atoms with van der Waals surface area (Å²) in [5.74, 6) is -1.23. The van der Waals surface area contributed by atoms with Crippen LogP contribution in [0.2, 0.25) is 5.02 Å². The van der Waals surface area contributed by atoms with Crippen LogP contribution >= 0.6 is 34.2 Å². The predicted octanol–water partition coefficient (Wildman–Crippen LogP) is 4.86. The largest absolute Gasteiger partial charge is 0.466 e. The number of rotatable bonds is 11. The highest BCUT2D eigenvalue weighted by Crippen LogP contribution is 2.35. The Bertz CT molecular complexity index is 955. The highest BCUT2D eigenvalue weighted by atomic mass is 127. The van der Waals surface area contributed by atoms with Gasteiger partial charge in [-0.05, 0) is 50.5 Å². The van der Waals surface area contributed by atoms with Gasteiger partial charge in [-0.15, -0.1) is 0 Å². The maximum Gasteiger partial charge on any atom is 0.355 e. The first-order chi connectivity index (χ1) is 14.9. The summed E-state index contributed by atoms with van der Waals surface area (Å²) in [7, 11) is 0. The van der Waals surface area contributed by atoms with Gasteiger partial charge in [0.05, 0.1) is 36.8 Å². The lowest BCUT2D eigenvalue weighted by molar-refractivity contribution is -0.144. The van der Waals surface area contributed by atoms with E-state index in [-0.39, 0.29) is 57.6 Å². The molecule has 0 atom stereocenters. The van der Waals surface area contributed by atoms with Crippen molar-refractivity contribution in [1.29, 1.82) is 0 Å². The second-order valence-electron chi connectivity index (χ2n) is 6.66. The lowest BCUT2D eigenvalue weighted by Crippen LogP contribution is -2.17. The summed E-state index contributed by atoms with van der Waals surface area (Å²) in [5, 5.41) is 1.18. The number of hydrogen-bond donors (Lipinski definition) is 0. The van der Waals surface area contributed by atoms with Crippen molar-refractivity contribution in [2.24, 2.45) is 0 Å². The van der Waals surface area contributed by atoms with E-state index >= 15 is 0 Å². The third-order valence-electron chi connectivity index (χ3n) is 4.63. The summed E-state index contributed by atoms with van der Waals surface area (Å²) in [4.78, 5) is 36.9. The molecule has 0 fully saturated rings. The Balaban J connectivity index is 2.65. The van der Waals surface area contributed by atoms with Crippen LogP contribution in [0.1, 0.15) is 55.2 Å². The summed E-state index contributed by atoms with van der Waals surface area (Å²) in [5.41, 5.74) is 2.64. The SMILES string of the molecule is CCOC(=O)CCc1c(C(=O)OCC)n(CCC(=O)OCC)c2cc(CI)cc(Cl)c12. The minimum absolute atomic E-state index is 0.0907. The van der Waals surface area contributed by atoms with E-state index in [4.69, 9.17) is 25.8 Å². The molecule has 7 nitrogen and oxygen atoms in total. The van der Waals surface area contributed by atoms with Gasteiger partial charge in [0.25, 0.3) is 0 Å². The average molecular weight is 564 g/mol. The van der Waals surface area contributed by atoms with Gasteiger partial charge in [-0.3, -0.25) is 9.59 Å². The van der Waals surface area contributed by atoms with Gasteiger partial charge < -0.3 is 18.8 Å². The zero-order valence-electron chi connectivity index (χ0n) is 18.0. The Morgan fingerprint density at radius 2 is 1.58 bits per heavy atom. The van der Waals surface area contributed by atoms with Gasteiger partial charge in [0, 0.05) is 22.8 Å². The molecule has 0 saturated heterocycles. The first-order valence-corrected chi connectivity index (χ1v) is 12.2. The maximum atomic E-state index is 12.9. The van der Waals surface area contributed by atoms with Gasteiger partial charge in [0.2, 0.25) is 0 Å². The number of fused-ring (bicyclic) bond motifs is 1. The molecule has 170 valence electrons. The van der Waals surface area contributed by atoms with Gasteiger partial charge in [-0.25, -0.2) is 4.79 Å². The lowest BCUT2D eigenvalue weighted by Gasteiger charge is -2.11. The molecule has 0 amide bonds. The normalized spacial score (nSPS) is 10.9. The van der Waals surface area contributed by atoms with Crippen molar-refractivity contribution in [3.8, 4) is 0 Å². The highest BCUT2D eigenvalue weighted by Gasteiger charge is 2.26. The maximum absolute atomic E-state index is 12.9. The number of alkyl halides is 1. The van der Waals surface area contributed by atoms with Crippen molar-refractivity contribution in [2.75, 3.05) is 19.8 Å². The predicted molar refractivity (Wildman–Crippen MR) is 127 cm³/mol. The van der Waals surface area contributed by atoms with Crippen molar-refractivity contribution < 1.29 is 28.6 Å². The first-order valence-electron chi connectivity index (χ1n) is 10.3. The van der Waals surface area contributed by atoms with Gasteiger partial charge in [0.15, 0.2) is 0 Å². The van der Waals surface area contributed by atoms with Gasteiger partial charge in [-0.1, -0.05) is 34.2 Å². The number of aryl methyl sites for hydroxylation is 2. The molecule has 0 aliphatic carbocycles. The molecule has 1 aromatic carbocycles. The van der Waals surface area contributed by atoms with E-state index in [2.05, 4.69) is 22.6 Å². The topological polar surface area (TPSA) is 83.8 Å². The highest BCUT2D eigenvalue weighted by molar-refractivity contribution is 14.1. The molecule has 31 heavy (non-hydrogen) atoms. The summed E-state index contributed by atoms with van der Waals surface area (Å²) in [6.45, 7) is 6.20. The van der Waals surface area contributed by atoms with Crippen LogP contribution in [0.3, 0.4) is 0 Å². The fourth-order valence-electron chi connectivity index (χ4n) is 3.44. The van der Waals surface area contributed by atoms with Crippen LogP contribution in [0.15, 0.2) is 12.1 Å². The minimum Gasteiger partial charge on any atom is -0.466 e. The van der Waals surface area contributed by atoms with Crippen LogP contribution in [-0.2, 0) is 41.2 Å². The van der Waals surface area contributed by atoms with Crippen molar-refractivity contribution in [3.05, 3.63) is 34.0 Å². The van der Waals surface area contributed by atoms with E-state index in [0.717, 1.165) is 15.5 Å². The molecule has 0 N–H and O–H groups in total. The van der Waals surface area contributed by atoms with Crippen LogP contribution in [-0.4, -0.2) is 42.3 Å². The average Bonchev–Trinajstić information content (AvgIpc) is 3.05. The number of halogens is 2.